The average Bonchev–Trinajstić information content (AvgIpc) is 3.48. The van der Waals surface area contributed by atoms with E-state index in [0.29, 0.717) is 40.0 Å². The van der Waals surface area contributed by atoms with Gasteiger partial charge < -0.3 is 28.7 Å². The number of fused-ring (bicyclic) bond motifs is 2. The second kappa shape index (κ2) is 7.32. The number of benzene rings is 2. The molecule has 0 aliphatic carbocycles. The summed E-state index contributed by atoms with van der Waals surface area (Å²) in [6.45, 7) is -0.0482. The van der Waals surface area contributed by atoms with Gasteiger partial charge in [-0.05, 0) is 36.4 Å². The Morgan fingerprint density at radius 1 is 1.07 bits per heavy atom. The summed E-state index contributed by atoms with van der Waals surface area (Å²) in [5.74, 6) is 2.08. The van der Waals surface area contributed by atoms with E-state index in [4.69, 9.17) is 23.4 Å². The number of carbonyl (C=O) groups is 2. The third-order valence-corrected chi connectivity index (χ3v) is 4.48. The van der Waals surface area contributed by atoms with E-state index in [-0.39, 0.29) is 30.8 Å². The van der Waals surface area contributed by atoms with Crippen LogP contribution in [0.4, 0.5) is 5.69 Å². The zero-order valence-corrected chi connectivity index (χ0v) is 15.5. The van der Waals surface area contributed by atoms with Crippen molar-refractivity contribution in [2.24, 2.45) is 0 Å². The second-order valence-corrected chi connectivity index (χ2v) is 6.52. The third-order valence-electron chi connectivity index (χ3n) is 4.48. The Labute approximate surface area is 170 Å². The number of ether oxygens (including phenoxy) is 4. The topological polar surface area (TPSA) is 96.2 Å². The first-order valence-electron chi connectivity index (χ1n) is 9.10. The largest absolute Gasteiger partial charge is 0.484 e. The van der Waals surface area contributed by atoms with Crippen LogP contribution in [0.3, 0.4) is 0 Å². The number of hydrogen-bond donors (Lipinski definition) is 1. The van der Waals surface area contributed by atoms with Gasteiger partial charge in [-0.1, -0.05) is 0 Å². The van der Waals surface area contributed by atoms with Gasteiger partial charge in [0, 0.05) is 23.9 Å². The lowest BCUT2D eigenvalue weighted by Crippen LogP contribution is -2.20. The molecule has 2 aliphatic rings. The molecule has 3 aromatic rings. The quantitative estimate of drug-likeness (QED) is 0.648. The standard InChI is InChI=1S/C22H15NO7/c24-21(23-13-3-6-17-19(8-13)29-12-28-17)11-27-15-4-5-16-18(9-15)30-20(22(16)25)10-14-2-1-7-26-14/h1-10H,11-12H2,(H,23,24). The molecule has 5 rings (SSSR count). The van der Waals surface area contributed by atoms with E-state index in [1.165, 1.54) is 12.3 Å². The highest BCUT2D eigenvalue weighted by molar-refractivity contribution is 6.14. The van der Waals surface area contributed by atoms with Crippen molar-refractivity contribution >= 4 is 23.5 Å². The van der Waals surface area contributed by atoms with Crippen molar-refractivity contribution in [1.82, 2.24) is 0 Å². The van der Waals surface area contributed by atoms with Gasteiger partial charge in [0.2, 0.25) is 12.6 Å². The SMILES string of the molecule is O=C(COc1ccc2c(c1)OC(=Cc1ccco1)C2=O)Nc1ccc2c(c1)OCO2. The van der Waals surface area contributed by atoms with E-state index in [1.807, 2.05) is 0 Å². The lowest BCUT2D eigenvalue weighted by atomic mass is 10.1. The summed E-state index contributed by atoms with van der Waals surface area (Å²) in [4.78, 5) is 24.6. The van der Waals surface area contributed by atoms with E-state index in [0.717, 1.165) is 0 Å². The molecule has 0 unspecified atom stereocenters. The first kappa shape index (κ1) is 17.9. The van der Waals surface area contributed by atoms with E-state index in [2.05, 4.69) is 5.32 Å². The molecule has 3 heterocycles. The Bertz CT molecular complexity index is 1160. The molecule has 8 heteroatoms. The minimum atomic E-state index is -0.343. The van der Waals surface area contributed by atoms with Crippen LogP contribution in [-0.2, 0) is 4.79 Å². The van der Waals surface area contributed by atoms with Crippen LogP contribution in [0.25, 0.3) is 6.08 Å². The fraction of sp³-hybridized carbons (Fsp3) is 0.0909. The van der Waals surface area contributed by atoms with Gasteiger partial charge in [0.25, 0.3) is 5.91 Å². The number of anilines is 1. The van der Waals surface area contributed by atoms with Crippen LogP contribution in [0.5, 0.6) is 23.0 Å². The lowest BCUT2D eigenvalue weighted by molar-refractivity contribution is -0.118. The van der Waals surface area contributed by atoms with Gasteiger partial charge >= 0.3 is 0 Å². The van der Waals surface area contributed by atoms with Gasteiger partial charge in [0.15, 0.2) is 23.9 Å². The number of Topliss-reactive ketones (excluding diaryl/α,β-unsaturated/α-hetero) is 1. The van der Waals surface area contributed by atoms with Gasteiger partial charge in [-0.2, -0.15) is 0 Å². The number of nitrogens with one attached hydrogen (secondary N) is 1. The summed E-state index contributed by atoms with van der Waals surface area (Å²) < 4.78 is 26.9. The van der Waals surface area contributed by atoms with Gasteiger partial charge in [-0.15, -0.1) is 0 Å². The van der Waals surface area contributed by atoms with Crippen LogP contribution >= 0.6 is 0 Å². The van der Waals surface area contributed by atoms with Crippen LogP contribution in [0.1, 0.15) is 16.1 Å². The first-order chi connectivity index (χ1) is 14.7. The van der Waals surface area contributed by atoms with Crippen molar-refractivity contribution < 1.29 is 33.0 Å². The molecular formula is C22H15NO7. The molecule has 30 heavy (non-hydrogen) atoms. The molecule has 150 valence electrons. The highest BCUT2D eigenvalue weighted by Gasteiger charge is 2.28. The van der Waals surface area contributed by atoms with Crippen molar-refractivity contribution in [2.45, 2.75) is 0 Å². The van der Waals surface area contributed by atoms with Gasteiger partial charge in [-0.3, -0.25) is 9.59 Å². The lowest BCUT2D eigenvalue weighted by Gasteiger charge is -2.09. The van der Waals surface area contributed by atoms with Crippen molar-refractivity contribution in [2.75, 3.05) is 18.7 Å². The van der Waals surface area contributed by atoms with Crippen LogP contribution in [0.2, 0.25) is 0 Å². The van der Waals surface area contributed by atoms with Crippen molar-refractivity contribution in [3.63, 3.8) is 0 Å². The molecule has 1 N–H and O–H groups in total. The number of hydrogen-bond acceptors (Lipinski definition) is 7. The minimum absolute atomic E-state index is 0.164. The molecule has 2 aromatic carbocycles. The van der Waals surface area contributed by atoms with Crippen molar-refractivity contribution in [1.29, 1.82) is 0 Å². The molecule has 0 spiro atoms. The molecule has 1 amide bonds. The Morgan fingerprint density at radius 3 is 2.83 bits per heavy atom. The summed E-state index contributed by atoms with van der Waals surface area (Å²) in [5.41, 5.74) is 0.994. The molecule has 0 bridgehead atoms. The smallest absolute Gasteiger partial charge is 0.262 e. The summed E-state index contributed by atoms with van der Waals surface area (Å²) in [5, 5.41) is 2.73. The molecule has 0 fully saturated rings. The van der Waals surface area contributed by atoms with Gasteiger partial charge in [0.1, 0.15) is 17.3 Å². The monoisotopic (exact) mass is 405 g/mol. The minimum Gasteiger partial charge on any atom is -0.484 e. The Morgan fingerprint density at radius 2 is 1.97 bits per heavy atom. The van der Waals surface area contributed by atoms with Crippen LogP contribution in [0.15, 0.2) is 65.0 Å². The molecule has 2 aliphatic heterocycles. The van der Waals surface area contributed by atoms with Crippen LogP contribution < -0.4 is 24.3 Å². The maximum atomic E-state index is 12.4. The highest BCUT2D eigenvalue weighted by Crippen LogP contribution is 2.35. The maximum Gasteiger partial charge on any atom is 0.262 e. The third kappa shape index (κ3) is 3.46. The van der Waals surface area contributed by atoms with Crippen molar-refractivity contribution in [3.8, 4) is 23.0 Å². The summed E-state index contributed by atoms with van der Waals surface area (Å²) in [6.07, 6.45) is 3.04. The fourth-order valence-corrected chi connectivity index (χ4v) is 3.08. The van der Waals surface area contributed by atoms with Crippen molar-refractivity contribution in [3.05, 3.63) is 71.9 Å². The Kier molecular flexibility index (Phi) is 4.36. The molecule has 1 aromatic heterocycles. The van der Waals surface area contributed by atoms with E-state index < -0.39 is 0 Å². The number of rotatable bonds is 5. The molecule has 0 radical (unpaired) electrons. The normalized spacial score (nSPS) is 15.1. The van der Waals surface area contributed by atoms with Crippen LogP contribution in [-0.4, -0.2) is 25.1 Å². The maximum absolute atomic E-state index is 12.4. The highest BCUT2D eigenvalue weighted by atomic mass is 16.7. The predicted octanol–water partition coefficient (Wildman–Crippen LogP) is 3.64. The zero-order chi connectivity index (χ0) is 20.5. The summed E-state index contributed by atoms with van der Waals surface area (Å²) >= 11 is 0. The number of amides is 1. The summed E-state index contributed by atoms with van der Waals surface area (Å²) in [6, 6.07) is 13.4. The summed E-state index contributed by atoms with van der Waals surface area (Å²) in [7, 11) is 0. The molecule has 0 saturated heterocycles. The fourth-order valence-electron chi connectivity index (χ4n) is 3.08. The first-order valence-corrected chi connectivity index (χ1v) is 9.10. The van der Waals surface area contributed by atoms with Crippen LogP contribution in [0, 0.1) is 0 Å². The second-order valence-electron chi connectivity index (χ2n) is 6.52. The van der Waals surface area contributed by atoms with E-state index >= 15 is 0 Å². The molecular weight excluding hydrogens is 390 g/mol. The van der Waals surface area contributed by atoms with E-state index in [9.17, 15) is 9.59 Å². The number of ketones is 1. The molecule has 0 saturated carbocycles. The number of allylic oxidation sites excluding steroid dienone is 1. The Balaban J connectivity index is 1.22. The molecule has 0 atom stereocenters. The van der Waals surface area contributed by atoms with Gasteiger partial charge in [-0.25, -0.2) is 0 Å². The Hall–Kier alpha value is -4.20. The zero-order valence-electron chi connectivity index (χ0n) is 15.5. The molecule has 8 nitrogen and oxygen atoms in total. The van der Waals surface area contributed by atoms with Gasteiger partial charge in [0.05, 0.1) is 11.8 Å². The average molecular weight is 405 g/mol. The van der Waals surface area contributed by atoms with E-state index in [1.54, 1.807) is 48.5 Å². The number of carbonyl (C=O) groups excluding carboxylic acids is 2. The predicted molar refractivity (Wildman–Crippen MR) is 105 cm³/mol. The number of furan rings is 1.